The van der Waals surface area contributed by atoms with Crippen molar-refractivity contribution in [3.8, 4) is 17.1 Å². The Bertz CT molecular complexity index is 1050. The fraction of sp³-hybridized carbons (Fsp3) is 0.318. The second-order valence-electron chi connectivity index (χ2n) is 7.23. The largest absolute Gasteiger partial charge is 0.507 e. The van der Waals surface area contributed by atoms with E-state index >= 15 is 0 Å². The summed E-state index contributed by atoms with van der Waals surface area (Å²) in [6, 6.07) is 12.8. The number of carbonyl (C=O) groups excluding carboxylic acids is 1. The van der Waals surface area contributed by atoms with E-state index in [0.717, 1.165) is 42.4 Å². The first-order chi connectivity index (χ1) is 14.1. The van der Waals surface area contributed by atoms with Crippen LogP contribution in [0.15, 0.2) is 42.5 Å². The van der Waals surface area contributed by atoms with Crippen LogP contribution in [0.4, 0.5) is 10.6 Å². The van der Waals surface area contributed by atoms with Crippen molar-refractivity contribution in [2.45, 2.75) is 25.8 Å². The number of rotatable bonds is 3. The third-order valence-electron chi connectivity index (χ3n) is 5.25. The molecule has 1 aromatic heterocycles. The second-order valence-corrected chi connectivity index (χ2v) is 7.23. The molecule has 4 rings (SSSR count). The molecule has 2 N–H and O–H groups in total. The molecule has 2 aromatic carbocycles. The number of para-hydroxylation sites is 1. The number of aromatic nitrogens is 2. The molecule has 1 aliphatic rings. The number of hydrogen-bond donors (Lipinski definition) is 2. The molecule has 3 aromatic rings. The van der Waals surface area contributed by atoms with E-state index in [-0.39, 0.29) is 11.8 Å². The van der Waals surface area contributed by atoms with Crippen molar-refractivity contribution in [2.24, 2.45) is 0 Å². The van der Waals surface area contributed by atoms with Crippen LogP contribution in [0.5, 0.6) is 5.75 Å². The molecule has 1 saturated heterocycles. The van der Waals surface area contributed by atoms with Crippen LogP contribution in [0.3, 0.4) is 0 Å². The Kier molecular flexibility index (Phi) is 5.31. The number of amides is 1. The number of methoxy groups -OCH3 is 1. The monoisotopic (exact) mass is 392 g/mol. The smallest absolute Gasteiger partial charge is 0.415 e. The van der Waals surface area contributed by atoms with E-state index < -0.39 is 6.09 Å². The van der Waals surface area contributed by atoms with Gasteiger partial charge in [-0.25, -0.2) is 14.8 Å². The van der Waals surface area contributed by atoms with E-state index in [4.69, 9.17) is 9.72 Å². The maximum Gasteiger partial charge on any atom is 0.415 e. The van der Waals surface area contributed by atoms with Gasteiger partial charge in [0, 0.05) is 11.4 Å². The summed E-state index contributed by atoms with van der Waals surface area (Å²) in [6.45, 7) is 3.64. The summed E-state index contributed by atoms with van der Waals surface area (Å²) in [5, 5.41) is 14.4. The maximum atomic E-state index is 12.8. The number of hydrogen-bond acceptors (Lipinski definition) is 6. The molecule has 0 aliphatic carbocycles. The molecule has 1 fully saturated rings. The first-order valence-corrected chi connectivity index (χ1v) is 9.73. The van der Waals surface area contributed by atoms with Gasteiger partial charge < -0.3 is 15.2 Å². The first-order valence-electron chi connectivity index (χ1n) is 9.73. The number of fused-ring (bicyclic) bond motifs is 1. The van der Waals surface area contributed by atoms with Crippen molar-refractivity contribution in [3.05, 3.63) is 48.0 Å². The average molecular weight is 392 g/mol. The number of benzene rings is 2. The molecule has 2 heterocycles. The van der Waals surface area contributed by atoms with Crippen molar-refractivity contribution in [2.75, 3.05) is 25.1 Å². The molecule has 0 unspecified atom stereocenters. The molecule has 0 saturated carbocycles. The van der Waals surface area contributed by atoms with Crippen molar-refractivity contribution in [1.82, 2.24) is 15.3 Å². The zero-order valence-electron chi connectivity index (χ0n) is 16.6. The number of aryl methyl sites for hydroxylation is 1. The van der Waals surface area contributed by atoms with Gasteiger partial charge in [0.25, 0.3) is 0 Å². The average Bonchev–Trinajstić information content (AvgIpc) is 2.74. The van der Waals surface area contributed by atoms with Gasteiger partial charge in [-0.3, -0.25) is 4.90 Å². The van der Waals surface area contributed by atoms with Crippen molar-refractivity contribution in [3.63, 3.8) is 0 Å². The third kappa shape index (κ3) is 3.73. The Labute approximate surface area is 169 Å². The van der Waals surface area contributed by atoms with Crippen LogP contribution in [0.2, 0.25) is 0 Å². The summed E-state index contributed by atoms with van der Waals surface area (Å²) in [6.07, 6.45) is 1.16. The number of ether oxygens (including phenoxy) is 1. The maximum absolute atomic E-state index is 12.8. The predicted octanol–water partition coefficient (Wildman–Crippen LogP) is 3.64. The molecule has 0 atom stereocenters. The van der Waals surface area contributed by atoms with E-state index in [2.05, 4.69) is 10.3 Å². The van der Waals surface area contributed by atoms with Crippen LogP contribution in [0, 0.1) is 6.92 Å². The number of anilines is 1. The lowest BCUT2D eigenvalue weighted by atomic mass is 10.0. The Balaban J connectivity index is 1.95. The van der Waals surface area contributed by atoms with Crippen molar-refractivity contribution in [1.29, 1.82) is 0 Å². The van der Waals surface area contributed by atoms with E-state index in [1.807, 2.05) is 31.2 Å². The van der Waals surface area contributed by atoms with Gasteiger partial charge in [0.1, 0.15) is 11.6 Å². The van der Waals surface area contributed by atoms with E-state index in [0.29, 0.717) is 17.2 Å². The summed E-state index contributed by atoms with van der Waals surface area (Å²) in [4.78, 5) is 23.9. The summed E-state index contributed by atoms with van der Waals surface area (Å²) < 4.78 is 5.12. The van der Waals surface area contributed by atoms with Gasteiger partial charge in [0.05, 0.1) is 18.2 Å². The summed E-state index contributed by atoms with van der Waals surface area (Å²) in [7, 11) is 1.38. The number of carbonyl (C=O) groups is 1. The van der Waals surface area contributed by atoms with Crippen LogP contribution in [-0.2, 0) is 4.74 Å². The van der Waals surface area contributed by atoms with Gasteiger partial charge in [-0.1, -0.05) is 18.2 Å². The zero-order chi connectivity index (χ0) is 20.4. The Morgan fingerprint density at radius 3 is 2.66 bits per heavy atom. The normalized spacial score (nSPS) is 14.7. The molecule has 0 spiro atoms. The van der Waals surface area contributed by atoms with Crippen molar-refractivity contribution >= 4 is 22.8 Å². The summed E-state index contributed by atoms with van der Waals surface area (Å²) in [5.41, 5.74) is 2.29. The quantitative estimate of drug-likeness (QED) is 0.708. The lowest BCUT2D eigenvalue weighted by Crippen LogP contribution is -2.47. The molecule has 1 amide bonds. The Morgan fingerprint density at radius 1 is 1.17 bits per heavy atom. The highest BCUT2D eigenvalue weighted by Gasteiger charge is 2.31. The number of nitrogens with one attached hydrogen (secondary N) is 1. The van der Waals surface area contributed by atoms with Gasteiger partial charge in [0.2, 0.25) is 0 Å². The molecular weight excluding hydrogens is 368 g/mol. The highest BCUT2D eigenvalue weighted by molar-refractivity contribution is 5.99. The van der Waals surface area contributed by atoms with Crippen LogP contribution in [-0.4, -0.2) is 47.4 Å². The minimum Gasteiger partial charge on any atom is -0.507 e. The summed E-state index contributed by atoms with van der Waals surface area (Å²) >= 11 is 0. The molecule has 29 heavy (non-hydrogen) atoms. The molecular formula is C22H24N4O3. The highest BCUT2D eigenvalue weighted by atomic mass is 16.5. The molecule has 0 bridgehead atoms. The minimum atomic E-state index is -0.444. The molecule has 1 aliphatic heterocycles. The SMILES string of the molecule is COC(=O)N(c1nc(-c2ccccc2O)nc2cc(C)ccc12)C1CCNCC1. The van der Waals surface area contributed by atoms with Crippen LogP contribution in [0.25, 0.3) is 22.3 Å². The molecule has 150 valence electrons. The second kappa shape index (κ2) is 8.05. The van der Waals surface area contributed by atoms with Gasteiger partial charge in [-0.2, -0.15) is 0 Å². The fourth-order valence-electron chi connectivity index (χ4n) is 3.76. The van der Waals surface area contributed by atoms with E-state index in [1.54, 1.807) is 23.1 Å². The Hall–Kier alpha value is -3.19. The topological polar surface area (TPSA) is 87.6 Å². The van der Waals surface area contributed by atoms with Gasteiger partial charge in [-0.05, 0) is 62.7 Å². The standard InChI is InChI=1S/C22H24N4O3/c1-14-7-8-16-18(13-14)24-20(17-5-3-4-6-19(17)27)25-21(16)26(22(28)29-2)15-9-11-23-12-10-15/h3-8,13,15,23,27H,9-12H2,1-2H3. The van der Waals surface area contributed by atoms with E-state index in [1.165, 1.54) is 7.11 Å². The third-order valence-corrected chi connectivity index (χ3v) is 5.25. The molecule has 7 nitrogen and oxygen atoms in total. The van der Waals surface area contributed by atoms with Crippen molar-refractivity contribution < 1.29 is 14.6 Å². The lowest BCUT2D eigenvalue weighted by Gasteiger charge is -2.33. The van der Waals surface area contributed by atoms with E-state index in [9.17, 15) is 9.90 Å². The van der Waals surface area contributed by atoms with Crippen LogP contribution >= 0.6 is 0 Å². The van der Waals surface area contributed by atoms with Crippen LogP contribution in [0.1, 0.15) is 18.4 Å². The summed E-state index contributed by atoms with van der Waals surface area (Å²) in [5.74, 6) is 0.975. The molecule has 0 radical (unpaired) electrons. The first kappa shape index (κ1) is 19.1. The number of piperidine rings is 1. The predicted molar refractivity (Wildman–Crippen MR) is 112 cm³/mol. The number of phenolic OH excluding ortho intramolecular Hbond substituents is 1. The number of aromatic hydroxyl groups is 1. The Morgan fingerprint density at radius 2 is 1.93 bits per heavy atom. The lowest BCUT2D eigenvalue weighted by molar-refractivity contribution is 0.174. The minimum absolute atomic E-state index is 0.0275. The van der Waals surface area contributed by atoms with Gasteiger partial charge in [0.15, 0.2) is 5.82 Å². The van der Waals surface area contributed by atoms with Gasteiger partial charge >= 0.3 is 6.09 Å². The zero-order valence-corrected chi connectivity index (χ0v) is 16.6. The highest BCUT2D eigenvalue weighted by Crippen LogP contribution is 2.33. The molecule has 7 heteroatoms. The number of nitrogens with zero attached hydrogens (tertiary/aromatic N) is 3. The fourth-order valence-corrected chi connectivity index (χ4v) is 3.76. The van der Waals surface area contributed by atoms with Gasteiger partial charge in [-0.15, -0.1) is 0 Å². The number of phenols is 1. The van der Waals surface area contributed by atoms with Crippen LogP contribution < -0.4 is 10.2 Å².